The summed E-state index contributed by atoms with van der Waals surface area (Å²) < 4.78 is 12.7. The lowest BCUT2D eigenvalue weighted by molar-refractivity contribution is -0.122. The Morgan fingerprint density at radius 3 is 2.12 bits per heavy atom. The van der Waals surface area contributed by atoms with Gasteiger partial charge in [0.1, 0.15) is 5.82 Å². The molecule has 0 N–H and O–H groups in total. The first kappa shape index (κ1) is 13.4. The zero-order valence-electron chi connectivity index (χ0n) is 10.2. The van der Waals surface area contributed by atoms with Gasteiger partial charge in [0, 0.05) is 12.3 Å². The van der Waals surface area contributed by atoms with Crippen LogP contribution in [0.3, 0.4) is 0 Å². The van der Waals surface area contributed by atoms with Crippen molar-refractivity contribution in [3.63, 3.8) is 0 Å². The van der Waals surface area contributed by atoms with Crippen LogP contribution >= 0.6 is 0 Å². The van der Waals surface area contributed by atoms with Crippen molar-refractivity contribution in [1.82, 2.24) is 0 Å². The zero-order chi connectivity index (χ0) is 13.0. The maximum Gasteiger partial charge on any atom is 0.237 e. The van der Waals surface area contributed by atoms with Gasteiger partial charge in [-0.25, -0.2) is 4.39 Å². The minimum Gasteiger partial charge on any atom is -0.274 e. The van der Waals surface area contributed by atoms with Crippen molar-refractivity contribution >= 4 is 17.5 Å². The van der Waals surface area contributed by atoms with Crippen LogP contribution in [0.15, 0.2) is 24.3 Å². The summed E-state index contributed by atoms with van der Waals surface area (Å²) in [4.78, 5) is 24.2. The first-order valence-corrected chi connectivity index (χ1v) is 5.72. The second kappa shape index (κ2) is 5.57. The molecule has 1 atom stereocenters. The Kier molecular flexibility index (Phi) is 4.37. The van der Waals surface area contributed by atoms with E-state index < -0.39 is 0 Å². The number of carbonyl (C=O) groups is 2. The molecule has 0 radical (unpaired) electrons. The van der Waals surface area contributed by atoms with Gasteiger partial charge in [-0.3, -0.25) is 14.5 Å². The quantitative estimate of drug-likeness (QED) is 0.704. The van der Waals surface area contributed by atoms with Gasteiger partial charge in [-0.15, -0.1) is 0 Å². The van der Waals surface area contributed by atoms with Gasteiger partial charge in [0.25, 0.3) is 0 Å². The average molecular weight is 237 g/mol. The summed E-state index contributed by atoms with van der Waals surface area (Å²) in [7, 11) is 0. The first-order valence-electron chi connectivity index (χ1n) is 5.72. The molecular weight excluding hydrogens is 221 g/mol. The van der Waals surface area contributed by atoms with Crippen molar-refractivity contribution in [3.05, 3.63) is 30.1 Å². The van der Waals surface area contributed by atoms with E-state index in [2.05, 4.69) is 0 Å². The van der Waals surface area contributed by atoms with Gasteiger partial charge in [-0.05, 0) is 24.3 Å². The van der Waals surface area contributed by atoms with E-state index in [1.165, 1.54) is 24.3 Å². The van der Waals surface area contributed by atoms with Crippen molar-refractivity contribution in [3.8, 4) is 0 Å². The second-order valence-electron chi connectivity index (χ2n) is 3.65. The highest BCUT2D eigenvalue weighted by Gasteiger charge is 2.36. The number of nitrogens with zero attached hydrogens (tertiary/aromatic N) is 1. The molecule has 0 aliphatic carbocycles. The molecule has 3 nitrogen and oxygen atoms in total. The highest BCUT2D eigenvalue weighted by molar-refractivity contribution is 6.20. The summed E-state index contributed by atoms with van der Waals surface area (Å²) in [5.41, 5.74) is 0.441. The van der Waals surface area contributed by atoms with Crippen molar-refractivity contribution in [2.45, 2.75) is 27.2 Å². The monoisotopic (exact) mass is 237 g/mol. The van der Waals surface area contributed by atoms with Crippen LogP contribution in [0.2, 0.25) is 0 Å². The minimum absolute atomic E-state index is 0.216. The largest absolute Gasteiger partial charge is 0.274 e. The molecule has 2 rings (SSSR count). The Hall–Kier alpha value is -1.71. The van der Waals surface area contributed by atoms with E-state index in [1.54, 1.807) is 6.92 Å². The predicted molar refractivity (Wildman–Crippen MR) is 64.0 cm³/mol. The van der Waals surface area contributed by atoms with Crippen LogP contribution in [0.25, 0.3) is 0 Å². The number of amides is 2. The molecule has 1 aromatic rings. The van der Waals surface area contributed by atoms with Gasteiger partial charge in [-0.1, -0.05) is 20.8 Å². The molecule has 0 aromatic heterocycles. The van der Waals surface area contributed by atoms with Gasteiger partial charge >= 0.3 is 0 Å². The Balaban J connectivity index is 0.000000686. The number of imide groups is 1. The minimum atomic E-state index is -0.383. The van der Waals surface area contributed by atoms with E-state index in [0.29, 0.717) is 5.69 Å². The molecule has 1 fully saturated rings. The first-order chi connectivity index (χ1) is 8.09. The number of anilines is 1. The Morgan fingerprint density at radius 2 is 1.71 bits per heavy atom. The molecule has 1 aromatic carbocycles. The van der Waals surface area contributed by atoms with Gasteiger partial charge in [-0.2, -0.15) is 0 Å². The molecule has 1 unspecified atom stereocenters. The van der Waals surface area contributed by atoms with Crippen LogP contribution < -0.4 is 4.90 Å². The van der Waals surface area contributed by atoms with Gasteiger partial charge in [0.2, 0.25) is 11.8 Å². The summed E-state index contributed by atoms with van der Waals surface area (Å²) in [6.45, 7) is 5.71. The van der Waals surface area contributed by atoms with E-state index in [4.69, 9.17) is 0 Å². The number of halogens is 1. The number of carbonyl (C=O) groups excluding carboxylic acids is 2. The maximum atomic E-state index is 12.7. The Labute approximate surface area is 100 Å². The van der Waals surface area contributed by atoms with Crippen LogP contribution in [-0.2, 0) is 9.59 Å². The number of rotatable bonds is 1. The number of benzene rings is 1. The molecular formula is C13H16FNO2. The van der Waals surface area contributed by atoms with E-state index >= 15 is 0 Å². The maximum absolute atomic E-state index is 12.7. The molecule has 0 spiro atoms. The third-order valence-corrected chi connectivity index (χ3v) is 2.46. The van der Waals surface area contributed by atoms with Gasteiger partial charge < -0.3 is 0 Å². The number of hydrogen-bond acceptors (Lipinski definition) is 2. The molecule has 1 aliphatic rings. The van der Waals surface area contributed by atoms with Crippen molar-refractivity contribution in [2.75, 3.05) is 4.90 Å². The fraction of sp³-hybridized carbons (Fsp3) is 0.385. The highest BCUT2D eigenvalue weighted by Crippen LogP contribution is 2.25. The normalized spacial score (nSPS) is 19.1. The molecule has 1 aliphatic heterocycles. The van der Waals surface area contributed by atoms with Crippen LogP contribution in [0, 0.1) is 11.7 Å². The molecule has 2 amide bonds. The summed E-state index contributed by atoms with van der Waals surface area (Å²) in [5, 5.41) is 0. The number of hydrogen-bond donors (Lipinski definition) is 0. The summed E-state index contributed by atoms with van der Waals surface area (Å²) in [5.74, 6) is -1.10. The third kappa shape index (κ3) is 2.70. The van der Waals surface area contributed by atoms with Gasteiger partial charge in [0.15, 0.2) is 0 Å². The topological polar surface area (TPSA) is 37.4 Å². The third-order valence-electron chi connectivity index (χ3n) is 2.46. The lowest BCUT2D eigenvalue weighted by Gasteiger charge is -2.13. The molecule has 0 saturated carbocycles. The predicted octanol–water partition coefficient (Wildman–Crippen LogP) is 2.75. The Morgan fingerprint density at radius 1 is 1.18 bits per heavy atom. The van der Waals surface area contributed by atoms with E-state index in [9.17, 15) is 14.0 Å². The van der Waals surface area contributed by atoms with E-state index in [1.807, 2.05) is 13.8 Å². The van der Waals surface area contributed by atoms with Crippen LogP contribution in [0.1, 0.15) is 27.2 Å². The summed E-state index contributed by atoms with van der Waals surface area (Å²) >= 11 is 0. The van der Waals surface area contributed by atoms with Crippen LogP contribution in [-0.4, -0.2) is 11.8 Å². The lowest BCUT2D eigenvalue weighted by Crippen LogP contribution is -2.29. The van der Waals surface area contributed by atoms with Crippen LogP contribution in [0.5, 0.6) is 0 Å². The fourth-order valence-electron chi connectivity index (χ4n) is 1.65. The van der Waals surface area contributed by atoms with Gasteiger partial charge in [0.05, 0.1) is 5.69 Å². The summed E-state index contributed by atoms with van der Waals surface area (Å²) in [6, 6.07) is 5.34. The molecule has 4 heteroatoms. The smallest absolute Gasteiger partial charge is 0.237 e. The molecule has 1 heterocycles. The summed E-state index contributed by atoms with van der Waals surface area (Å²) in [6.07, 6.45) is 0.232. The molecule has 0 bridgehead atoms. The average Bonchev–Trinajstić information content (AvgIpc) is 2.58. The second-order valence-corrected chi connectivity index (χ2v) is 3.65. The zero-order valence-corrected chi connectivity index (χ0v) is 10.2. The standard InChI is InChI=1S/C11H10FNO2.C2H6/c1-7-6-10(14)13(11(7)15)9-4-2-8(12)3-5-9;1-2/h2-5,7H,6H2,1H3;1-2H3. The Bertz CT molecular complexity index is 414. The lowest BCUT2D eigenvalue weighted by atomic mass is 10.1. The SMILES string of the molecule is CC.CC1CC(=O)N(c2ccc(F)cc2)C1=O. The van der Waals surface area contributed by atoms with E-state index in [-0.39, 0.29) is 30.0 Å². The molecule has 17 heavy (non-hydrogen) atoms. The van der Waals surface area contributed by atoms with Crippen LogP contribution in [0.4, 0.5) is 10.1 Å². The molecule has 92 valence electrons. The highest BCUT2D eigenvalue weighted by atomic mass is 19.1. The van der Waals surface area contributed by atoms with Crippen molar-refractivity contribution < 1.29 is 14.0 Å². The van der Waals surface area contributed by atoms with Crippen molar-refractivity contribution in [2.24, 2.45) is 5.92 Å². The molecule has 1 saturated heterocycles. The van der Waals surface area contributed by atoms with Crippen molar-refractivity contribution in [1.29, 1.82) is 0 Å². The fourth-order valence-corrected chi connectivity index (χ4v) is 1.65. The van der Waals surface area contributed by atoms with E-state index in [0.717, 1.165) is 4.90 Å².